The summed E-state index contributed by atoms with van der Waals surface area (Å²) in [6.45, 7) is 3.13. The number of unbranched alkanes of at least 4 members (excludes halogenated alkanes) is 3. The number of carbonyl (C=O) groups is 1. The van der Waals surface area contributed by atoms with Crippen LogP contribution in [0.5, 0.6) is 0 Å². The maximum atomic E-state index is 11.3. The normalized spacial score (nSPS) is 11.7. The van der Waals surface area contributed by atoms with Crippen molar-refractivity contribution in [1.82, 2.24) is 5.32 Å². The molecule has 0 aromatic rings. The fourth-order valence-electron chi connectivity index (χ4n) is 1.54. The molecule has 1 amide bonds. The molecule has 1 atom stereocenters. The first-order chi connectivity index (χ1) is 7.70. The van der Waals surface area contributed by atoms with Gasteiger partial charge in [-0.3, -0.25) is 4.79 Å². The summed E-state index contributed by atoms with van der Waals surface area (Å²) >= 11 is 0. The molecule has 0 aliphatic carbocycles. The van der Waals surface area contributed by atoms with Gasteiger partial charge in [-0.2, -0.15) is 0 Å². The molecule has 0 rings (SSSR count). The van der Waals surface area contributed by atoms with Crippen molar-refractivity contribution < 1.29 is 9.90 Å². The van der Waals surface area contributed by atoms with Crippen molar-refractivity contribution in [3.63, 3.8) is 0 Å². The van der Waals surface area contributed by atoms with Crippen LogP contribution in [0.2, 0.25) is 0 Å². The maximum Gasteiger partial charge on any atom is 0.220 e. The number of amides is 1. The lowest BCUT2D eigenvalue weighted by Gasteiger charge is -2.10. The third-order valence-corrected chi connectivity index (χ3v) is 2.51. The van der Waals surface area contributed by atoms with Gasteiger partial charge in [0.1, 0.15) is 0 Å². The van der Waals surface area contributed by atoms with Gasteiger partial charge in [0.2, 0.25) is 5.91 Å². The number of aliphatic hydroxyl groups is 1. The zero-order valence-electron chi connectivity index (χ0n) is 10.8. The highest BCUT2D eigenvalue weighted by atomic mass is 35.5. The Morgan fingerprint density at radius 3 is 2.53 bits per heavy atom. The molecule has 0 aliphatic heterocycles. The Balaban J connectivity index is 0. The molecule has 0 fully saturated rings. The van der Waals surface area contributed by atoms with E-state index in [2.05, 4.69) is 5.32 Å². The summed E-state index contributed by atoms with van der Waals surface area (Å²) in [4.78, 5) is 11.3. The quantitative estimate of drug-likeness (QED) is 0.526. The topological polar surface area (TPSA) is 75.3 Å². The summed E-state index contributed by atoms with van der Waals surface area (Å²) in [5, 5.41) is 12.2. The van der Waals surface area contributed by atoms with Crippen molar-refractivity contribution in [2.24, 2.45) is 5.73 Å². The van der Waals surface area contributed by atoms with E-state index in [1.54, 1.807) is 0 Å². The summed E-state index contributed by atoms with van der Waals surface area (Å²) < 4.78 is 0. The van der Waals surface area contributed by atoms with Gasteiger partial charge in [0, 0.05) is 13.0 Å². The molecule has 0 aromatic heterocycles. The minimum Gasteiger partial charge on any atom is -0.391 e. The largest absolute Gasteiger partial charge is 0.391 e. The van der Waals surface area contributed by atoms with Crippen molar-refractivity contribution >= 4 is 18.3 Å². The second-order valence-electron chi connectivity index (χ2n) is 4.20. The number of aliphatic hydroxyl groups excluding tert-OH is 1. The number of hydrogen-bond acceptors (Lipinski definition) is 3. The number of halogens is 1. The van der Waals surface area contributed by atoms with Gasteiger partial charge in [0.05, 0.1) is 6.10 Å². The second-order valence-corrected chi connectivity index (χ2v) is 4.20. The number of nitrogens with one attached hydrogen (secondary N) is 1. The van der Waals surface area contributed by atoms with E-state index in [9.17, 15) is 9.90 Å². The minimum atomic E-state index is -0.397. The van der Waals surface area contributed by atoms with Gasteiger partial charge in [-0.15, -0.1) is 12.4 Å². The third-order valence-electron chi connectivity index (χ3n) is 2.51. The summed E-state index contributed by atoms with van der Waals surface area (Å²) in [5.41, 5.74) is 5.37. The average Bonchev–Trinajstić information content (AvgIpc) is 2.26. The lowest BCUT2D eigenvalue weighted by Crippen LogP contribution is -2.31. The van der Waals surface area contributed by atoms with Crippen LogP contribution in [0.4, 0.5) is 0 Å². The summed E-state index contributed by atoms with van der Waals surface area (Å²) in [7, 11) is 0. The number of nitrogens with two attached hydrogens (primary N) is 1. The van der Waals surface area contributed by atoms with Gasteiger partial charge in [-0.1, -0.05) is 26.2 Å². The van der Waals surface area contributed by atoms with Crippen molar-refractivity contribution in [3.05, 3.63) is 0 Å². The molecule has 0 aromatic carbocycles. The molecule has 17 heavy (non-hydrogen) atoms. The molecular formula is C12H27ClN2O2. The Bertz CT molecular complexity index is 180. The standard InChI is InChI=1S/C12H26N2O2.ClH/c1-2-7-11(15)10-14-12(16)8-5-3-4-6-9-13;/h11,15H,2-10,13H2,1H3,(H,14,16);1H. The van der Waals surface area contributed by atoms with E-state index in [-0.39, 0.29) is 18.3 Å². The average molecular weight is 267 g/mol. The second kappa shape index (κ2) is 13.7. The molecule has 4 nitrogen and oxygen atoms in total. The number of hydrogen-bond donors (Lipinski definition) is 3. The van der Waals surface area contributed by atoms with E-state index in [1.807, 2.05) is 6.92 Å². The molecule has 0 saturated carbocycles. The van der Waals surface area contributed by atoms with E-state index < -0.39 is 6.10 Å². The van der Waals surface area contributed by atoms with Crippen LogP contribution in [0.3, 0.4) is 0 Å². The molecule has 0 radical (unpaired) electrons. The monoisotopic (exact) mass is 266 g/mol. The summed E-state index contributed by atoms with van der Waals surface area (Å²) in [5.74, 6) is 0.0444. The predicted octanol–water partition coefficient (Wildman–Crippen LogP) is 1.59. The highest BCUT2D eigenvalue weighted by molar-refractivity contribution is 5.85. The zero-order valence-corrected chi connectivity index (χ0v) is 11.6. The molecule has 0 spiro atoms. The Hall–Kier alpha value is -0.320. The maximum absolute atomic E-state index is 11.3. The Labute approximate surface area is 111 Å². The van der Waals surface area contributed by atoms with E-state index in [1.165, 1.54) is 0 Å². The van der Waals surface area contributed by atoms with Crippen LogP contribution in [0.1, 0.15) is 51.9 Å². The molecular weight excluding hydrogens is 240 g/mol. The molecule has 5 heteroatoms. The Kier molecular flexibility index (Phi) is 15.4. The van der Waals surface area contributed by atoms with Crippen LogP contribution in [0.25, 0.3) is 0 Å². The number of carbonyl (C=O) groups excluding carboxylic acids is 1. The summed E-state index contributed by atoms with van der Waals surface area (Å²) in [6.07, 6.45) is 5.96. The highest BCUT2D eigenvalue weighted by Gasteiger charge is 2.05. The predicted molar refractivity (Wildman–Crippen MR) is 73.3 cm³/mol. The van der Waals surface area contributed by atoms with Crippen molar-refractivity contribution in [2.45, 2.75) is 58.0 Å². The highest BCUT2D eigenvalue weighted by Crippen LogP contribution is 2.02. The fraction of sp³-hybridized carbons (Fsp3) is 0.917. The van der Waals surface area contributed by atoms with Gasteiger partial charge < -0.3 is 16.2 Å². The van der Waals surface area contributed by atoms with Gasteiger partial charge >= 0.3 is 0 Å². The van der Waals surface area contributed by atoms with Gasteiger partial charge in [-0.25, -0.2) is 0 Å². The number of rotatable bonds is 10. The van der Waals surface area contributed by atoms with Crippen LogP contribution < -0.4 is 11.1 Å². The van der Waals surface area contributed by atoms with E-state index >= 15 is 0 Å². The van der Waals surface area contributed by atoms with E-state index in [4.69, 9.17) is 5.73 Å². The van der Waals surface area contributed by atoms with Crippen molar-refractivity contribution in [2.75, 3.05) is 13.1 Å². The van der Waals surface area contributed by atoms with Crippen LogP contribution in [0, 0.1) is 0 Å². The molecule has 0 saturated heterocycles. The minimum absolute atomic E-state index is 0. The Morgan fingerprint density at radius 2 is 1.94 bits per heavy atom. The lowest BCUT2D eigenvalue weighted by molar-refractivity contribution is -0.121. The van der Waals surface area contributed by atoms with Gasteiger partial charge in [0.25, 0.3) is 0 Å². The van der Waals surface area contributed by atoms with Gasteiger partial charge in [0.15, 0.2) is 0 Å². The summed E-state index contributed by atoms with van der Waals surface area (Å²) in [6, 6.07) is 0. The SMILES string of the molecule is CCCC(O)CNC(=O)CCCCCCN.Cl. The molecule has 104 valence electrons. The van der Waals surface area contributed by atoms with E-state index in [0.29, 0.717) is 13.0 Å². The van der Waals surface area contributed by atoms with Crippen LogP contribution >= 0.6 is 12.4 Å². The molecule has 0 bridgehead atoms. The first-order valence-corrected chi connectivity index (χ1v) is 6.35. The molecule has 4 N–H and O–H groups in total. The van der Waals surface area contributed by atoms with Crippen molar-refractivity contribution in [3.8, 4) is 0 Å². The Morgan fingerprint density at radius 1 is 1.29 bits per heavy atom. The first kappa shape index (κ1) is 19.0. The van der Waals surface area contributed by atoms with Crippen LogP contribution in [-0.4, -0.2) is 30.2 Å². The zero-order chi connectivity index (χ0) is 12.2. The third kappa shape index (κ3) is 13.6. The fourth-order valence-corrected chi connectivity index (χ4v) is 1.54. The van der Waals surface area contributed by atoms with Crippen molar-refractivity contribution in [1.29, 1.82) is 0 Å². The molecule has 0 aliphatic rings. The van der Waals surface area contributed by atoms with Crippen LogP contribution in [0.15, 0.2) is 0 Å². The van der Waals surface area contributed by atoms with Gasteiger partial charge in [-0.05, 0) is 25.8 Å². The first-order valence-electron chi connectivity index (χ1n) is 6.35. The molecule has 0 heterocycles. The smallest absolute Gasteiger partial charge is 0.220 e. The lowest BCUT2D eigenvalue weighted by atomic mass is 10.1. The molecule has 1 unspecified atom stereocenters. The van der Waals surface area contributed by atoms with E-state index in [0.717, 1.165) is 45.1 Å². The van der Waals surface area contributed by atoms with Crippen LogP contribution in [-0.2, 0) is 4.79 Å².